The Labute approximate surface area is 204 Å². The molecule has 0 aliphatic carbocycles. The van der Waals surface area contributed by atoms with Crippen molar-refractivity contribution in [1.29, 1.82) is 0 Å². The third-order valence-electron chi connectivity index (χ3n) is 6.09. The molecule has 9 heteroatoms. The van der Waals surface area contributed by atoms with Crippen LogP contribution in [0.15, 0.2) is 59.4 Å². The molecule has 4 aromatic rings. The van der Waals surface area contributed by atoms with E-state index in [2.05, 4.69) is 51.4 Å². The highest BCUT2D eigenvalue weighted by molar-refractivity contribution is 5.80. The van der Waals surface area contributed by atoms with Crippen molar-refractivity contribution in [1.82, 2.24) is 30.1 Å². The van der Waals surface area contributed by atoms with Gasteiger partial charge in [0.2, 0.25) is 0 Å². The lowest BCUT2D eigenvalue weighted by Crippen LogP contribution is -2.35. The van der Waals surface area contributed by atoms with Crippen molar-refractivity contribution in [3.8, 4) is 5.75 Å². The van der Waals surface area contributed by atoms with Crippen LogP contribution in [0, 0.1) is 5.92 Å². The summed E-state index contributed by atoms with van der Waals surface area (Å²) in [5.74, 6) is 1.65. The Bertz CT molecular complexity index is 1300. The second-order valence-electron chi connectivity index (χ2n) is 8.91. The van der Waals surface area contributed by atoms with Gasteiger partial charge in [0.1, 0.15) is 5.75 Å². The van der Waals surface area contributed by atoms with Crippen molar-refractivity contribution < 1.29 is 9.47 Å². The third kappa shape index (κ3) is 5.75. The van der Waals surface area contributed by atoms with E-state index in [0.29, 0.717) is 37.6 Å². The Balaban J connectivity index is 1.74. The summed E-state index contributed by atoms with van der Waals surface area (Å²) in [6.45, 7) is 6.44. The van der Waals surface area contributed by atoms with Crippen LogP contribution in [0.5, 0.6) is 5.75 Å². The number of hydrogen-bond donors (Lipinski definition) is 1. The normalized spacial score (nSPS) is 12.5. The average molecular weight is 477 g/mol. The number of fused-ring (bicyclic) bond motifs is 1. The van der Waals surface area contributed by atoms with E-state index in [0.717, 1.165) is 22.3 Å². The van der Waals surface area contributed by atoms with E-state index in [-0.39, 0.29) is 17.5 Å². The number of H-pyrrole nitrogens is 1. The van der Waals surface area contributed by atoms with Gasteiger partial charge in [0.05, 0.1) is 31.8 Å². The highest BCUT2D eigenvalue weighted by atomic mass is 16.5. The number of nitrogens with one attached hydrogen (secondary N) is 1. The SMILES string of the molecule is COCCn1nnnc1C(C(C)C)N(Cc1ccccc1)Cc1cc2ccc(OC)cc2[nH]c1=O. The maximum atomic E-state index is 13.1. The van der Waals surface area contributed by atoms with Crippen LogP contribution >= 0.6 is 0 Å². The number of rotatable bonds is 11. The summed E-state index contributed by atoms with van der Waals surface area (Å²) >= 11 is 0. The quantitative estimate of drug-likeness (QED) is 0.353. The van der Waals surface area contributed by atoms with E-state index in [1.54, 1.807) is 18.9 Å². The molecule has 0 spiro atoms. The number of pyridine rings is 1. The molecular formula is C26H32N6O3. The zero-order chi connectivity index (χ0) is 24.8. The number of methoxy groups -OCH3 is 2. The second kappa shape index (κ2) is 11.2. The number of hydrogen-bond acceptors (Lipinski definition) is 7. The van der Waals surface area contributed by atoms with E-state index in [1.165, 1.54) is 0 Å². The van der Waals surface area contributed by atoms with Crippen LogP contribution in [0.3, 0.4) is 0 Å². The highest BCUT2D eigenvalue weighted by Crippen LogP contribution is 2.30. The van der Waals surface area contributed by atoms with Gasteiger partial charge >= 0.3 is 0 Å². The summed E-state index contributed by atoms with van der Waals surface area (Å²) in [4.78, 5) is 18.4. The Kier molecular flexibility index (Phi) is 7.89. The molecule has 2 heterocycles. The van der Waals surface area contributed by atoms with Crippen molar-refractivity contribution in [2.75, 3.05) is 20.8 Å². The molecule has 1 atom stereocenters. The summed E-state index contributed by atoms with van der Waals surface area (Å²) < 4.78 is 12.3. The summed E-state index contributed by atoms with van der Waals surface area (Å²) in [6.07, 6.45) is 0. The van der Waals surface area contributed by atoms with Crippen LogP contribution in [0.4, 0.5) is 0 Å². The molecule has 0 radical (unpaired) electrons. The van der Waals surface area contributed by atoms with Gasteiger partial charge in [-0.1, -0.05) is 44.2 Å². The Hall–Kier alpha value is -3.56. The van der Waals surface area contributed by atoms with Crippen molar-refractivity contribution in [3.63, 3.8) is 0 Å². The van der Waals surface area contributed by atoms with Gasteiger partial charge in [0.15, 0.2) is 5.82 Å². The second-order valence-corrected chi connectivity index (χ2v) is 8.91. The van der Waals surface area contributed by atoms with Gasteiger partial charge in [-0.05, 0) is 45.5 Å². The number of tetrazole rings is 1. The largest absolute Gasteiger partial charge is 0.497 e. The predicted octanol–water partition coefficient (Wildman–Crippen LogP) is 3.57. The minimum Gasteiger partial charge on any atom is -0.497 e. The van der Waals surface area contributed by atoms with Gasteiger partial charge in [0, 0.05) is 31.8 Å². The molecular weight excluding hydrogens is 444 g/mol. The standard InChI is InChI=1S/C26H32N6O3/c1-18(2)24(25-28-29-30-32(25)12-13-34-3)31(16-19-8-6-5-7-9-19)17-21-14-20-10-11-22(35-4)15-23(20)27-26(21)33/h5-11,14-15,18,24H,12-13,16-17H2,1-4H3,(H,27,33). The Morgan fingerprint density at radius 1 is 1.06 bits per heavy atom. The number of ether oxygens (including phenoxy) is 2. The lowest BCUT2D eigenvalue weighted by molar-refractivity contribution is 0.121. The van der Waals surface area contributed by atoms with Crippen LogP contribution in [-0.4, -0.2) is 50.9 Å². The van der Waals surface area contributed by atoms with Crippen LogP contribution in [0.25, 0.3) is 10.9 Å². The maximum Gasteiger partial charge on any atom is 0.252 e. The fourth-order valence-electron chi connectivity index (χ4n) is 4.40. The summed E-state index contributed by atoms with van der Waals surface area (Å²) in [7, 11) is 3.27. The lowest BCUT2D eigenvalue weighted by Gasteiger charge is -2.33. The van der Waals surface area contributed by atoms with Gasteiger partial charge < -0.3 is 14.5 Å². The maximum absolute atomic E-state index is 13.1. The first-order valence-corrected chi connectivity index (χ1v) is 11.7. The molecule has 2 aromatic heterocycles. The molecule has 0 saturated carbocycles. The molecule has 4 rings (SSSR count). The number of benzene rings is 2. The molecule has 9 nitrogen and oxygen atoms in total. The van der Waals surface area contributed by atoms with Crippen LogP contribution in [0.1, 0.15) is 36.8 Å². The zero-order valence-electron chi connectivity index (χ0n) is 20.6. The average Bonchev–Trinajstić information content (AvgIpc) is 3.31. The number of nitrogens with zero attached hydrogens (tertiary/aromatic N) is 5. The fourth-order valence-corrected chi connectivity index (χ4v) is 4.40. The molecule has 0 aliphatic heterocycles. The third-order valence-corrected chi connectivity index (χ3v) is 6.09. The Morgan fingerprint density at radius 2 is 1.86 bits per heavy atom. The van der Waals surface area contributed by atoms with Crippen molar-refractivity contribution >= 4 is 10.9 Å². The van der Waals surface area contributed by atoms with E-state index < -0.39 is 0 Å². The van der Waals surface area contributed by atoms with Crippen LogP contribution in [0.2, 0.25) is 0 Å². The van der Waals surface area contributed by atoms with E-state index >= 15 is 0 Å². The predicted molar refractivity (Wildman–Crippen MR) is 134 cm³/mol. The van der Waals surface area contributed by atoms with Gasteiger partial charge in [0.25, 0.3) is 5.56 Å². The lowest BCUT2D eigenvalue weighted by atomic mass is 9.99. The summed E-state index contributed by atoms with van der Waals surface area (Å²) in [6, 6.07) is 17.8. The Morgan fingerprint density at radius 3 is 2.57 bits per heavy atom. The molecule has 2 aromatic carbocycles. The van der Waals surface area contributed by atoms with Gasteiger partial charge in [-0.3, -0.25) is 9.69 Å². The molecule has 35 heavy (non-hydrogen) atoms. The molecule has 0 saturated heterocycles. The van der Waals surface area contributed by atoms with Crippen molar-refractivity contribution in [3.05, 3.63) is 81.9 Å². The van der Waals surface area contributed by atoms with E-state index in [1.807, 2.05) is 42.5 Å². The first-order valence-electron chi connectivity index (χ1n) is 11.7. The van der Waals surface area contributed by atoms with Crippen molar-refractivity contribution in [2.24, 2.45) is 5.92 Å². The first kappa shape index (κ1) is 24.6. The van der Waals surface area contributed by atoms with Crippen LogP contribution in [-0.2, 0) is 24.4 Å². The van der Waals surface area contributed by atoms with E-state index in [9.17, 15) is 4.79 Å². The fraction of sp³-hybridized carbons (Fsp3) is 0.385. The van der Waals surface area contributed by atoms with E-state index in [4.69, 9.17) is 9.47 Å². The molecule has 184 valence electrons. The molecule has 1 N–H and O–H groups in total. The smallest absolute Gasteiger partial charge is 0.252 e. The molecule has 0 amide bonds. The van der Waals surface area contributed by atoms with Gasteiger partial charge in [-0.2, -0.15) is 0 Å². The topological polar surface area (TPSA) is 98.2 Å². The van der Waals surface area contributed by atoms with Gasteiger partial charge in [-0.25, -0.2) is 4.68 Å². The first-order chi connectivity index (χ1) is 17.0. The molecule has 0 bridgehead atoms. The molecule has 1 unspecified atom stereocenters. The summed E-state index contributed by atoms with van der Waals surface area (Å²) in [5.41, 5.74) is 2.46. The van der Waals surface area contributed by atoms with Crippen LogP contribution < -0.4 is 10.3 Å². The minimum absolute atomic E-state index is 0.118. The van der Waals surface area contributed by atoms with Crippen molar-refractivity contribution in [2.45, 2.75) is 39.5 Å². The summed E-state index contributed by atoms with van der Waals surface area (Å²) in [5, 5.41) is 13.5. The number of aromatic nitrogens is 5. The van der Waals surface area contributed by atoms with Gasteiger partial charge in [-0.15, -0.1) is 5.10 Å². The zero-order valence-corrected chi connectivity index (χ0v) is 20.6. The monoisotopic (exact) mass is 476 g/mol. The highest BCUT2D eigenvalue weighted by Gasteiger charge is 2.30. The molecule has 0 aliphatic rings. The minimum atomic E-state index is -0.120. The number of aromatic amines is 1. The molecule has 0 fully saturated rings.